The fourth-order valence-corrected chi connectivity index (χ4v) is 5.46. The maximum Gasteiger partial charge on any atom is 0.269 e. The van der Waals surface area contributed by atoms with Gasteiger partial charge in [0.05, 0.1) is 15.5 Å². The zero-order chi connectivity index (χ0) is 29.4. The van der Waals surface area contributed by atoms with Gasteiger partial charge in [-0.1, -0.05) is 61.8 Å². The van der Waals surface area contributed by atoms with Crippen molar-refractivity contribution in [2.24, 2.45) is 5.92 Å². The average Bonchev–Trinajstić information content (AvgIpc) is 2.94. The van der Waals surface area contributed by atoms with E-state index < -0.39 is 39.3 Å². The highest BCUT2D eigenvalue weighted by Crippen LogP contribution is 2.27. The molecule has 1 atom stereocenters. The minimum absolute atomic E-state index is 0.0474. The van der Waals surface area contributed by atoms with Crippen LogP contribution >= 0.6 is 11.6 Å². The SMILES string of the molecule is CC(C)CNC(=O)[C@H](C)N(Cc1ccccc1Cl)C(=O)CN(c1ccc([N+](=O)[O-])cc1)S(=O)(=O)c1ccccc1. The van der Waals surface area contributed by atoms with Gasteiger partial charge in [0.15, 0.2) is 0 Å². The summed E-state index contributed by atoms with van der Waals surface area (Å²) in [5, 5.41) is 14.4. The Bertz CT molecular complexity index is 1450. The number of hydrogen-bond acceptors (Lipinski definition) is 6. The highest BCUT2D eigenvalue weighted by Gasteiger charge is 2.33. The van der Waals surface area contributed by atoms with Gasteiger partial charge >= 0.3 is 0 Å². The van der Waals surface area contributed by atoms with Crippen LogP contribution in [0.2, 0.25) is 5.02 Å². The number of rotatable bonds is 12. The Kier molecular flexibility index (Phi) is 10.2. The number of carbonyl (C=O) groups excluding carboxylic acids is 2. The van der Waals surface area contributed by atoms with Gasteiger partial charge < -0.3 is 10.2 Å². The summed E-state index contributed by atoms with van der Waals surface area (Å²) < 4.78 is 28.3. The molecule has 3 rings (SSSR count). The number of amides is 2. The number of non-ortho nitro benzene ring substituents is 1. The van der Waals surface area contributed by atoms with Crippen molar-refractivity contribution >= 4 is 44.8 Å². The zero-order valence-corrected chi connectivity index (χ0v) is 23.9. The molecule has 0 radical (unpaired) electrons. The largest absolute Gasteiger partial charge is 0.354 e. The maximum atomic E-state index is 13.9. The molecule has 2 amide bonds. The second-order valence-electron chi connectivity index (χ2n) is 9.53. The van der Waals surface area contributed by atoms with Crippen LogP contribution in [0.4, 0.5) is 11.4 Å². The number of nitrogens with one attached hydrogen (secondary N) is 1. The maximum absolute atomic E-state index is 13.9. The zero-order valence-electron chi connectivity index (χ0n) is 22.4. The van der Waals surface area contributed by atoms with Crippen LogP contribution in [-0.4, -0.2) is 49.2 Å². The number of sulfonamides is 1. The van der Waals surface area contributed by atoms with Crippen LogP contribution in [0.1, 0.15) is 26.3 Å². The first kappa shape index (κ1) is 30.6. The predicted molar refractivity (Wildman–Crippen MR) is 153 cm³/mol. The lowest BCUT2D eigenvalue weighted by atomic mass is 10.1. The first-order valence-electron chi connectivity index (χ1n) is 12.5. The molecular weight excluding hydrogens is 556 g/mol. The quantitative estimate of drug-likeness (QED) is 0.243. The van der Waals surface area contributed by atoms with E-state index in [-0.39, 0.29) is 28.7 Å². The molecule has 0 bridgehead atoms. The van der Waals surface area contributed by atoms with Gasteiger partial charge in [0.1, 0.15) is 12.6 Å². The molecule has 0 fully saturated rings. The van der Waals surface area contributed by atoms with Crippen molar-refractivity contribution in [1.29, 1.82) is 0 Å². The van der Waals surface area contributed by atoms with Gasteiger partial charge in [0.25, 0.3) is 15.7 Å². The lowest BCUT2D eigenvalue weighted by Crippen LogP contribution is -2.51. The third-order valence-corrected chi connectivity index (χ3v) is 8.27. The van der Waals surface area contributed by atoms with Gasteiger partial charge in [-0.2, -0.15) is 0 Å². The summed E-state index contributed by atoms with van der Waals surface area (Å²) in [6, 6.07) is 18.3. The molecule has 0 heterocycles. The molecule has 10 nitrogen and oxygen atoms in total. The Morgan fingerprint density at radius 1 is 0.950 bits per heavy atom. The van der Waals surface area contributed by atoms with Crippen LogP contribution in [0.5, 0.6) is 0 Å². The first-order chi connectivity index (χ1) is 18.9. The van der Waals surface area contributed by atoms with E-state index in [0.717, 1.165) is 16.4 Å². The number of halogens is 1. The standard InChI is InChI=1S/C28H31ClN4O6S/c1-20(2)17-30-28(35)21(3)31(18-22-9-7-8-12-26(22)29)27(34)19-32(23-13-15-24(16-14-23)33(36)37)40(38,39)25-10-5-4-6-11-25/h4-16,20-21H,17-19H2,1-3H3,(H,30,35)/t21-/m0/s1. The van der Waals surface area contributed by atoms with Gasteiger partial charge in [-0.25, -0.2) is 8.42 Å². The summed E-state index contributed by atoms with van der Waals surface area (Å²) in [6.45, 7) is 5.12. The van der Waals surface area contributed by atoms with Crippen LogP contribution in [0.15, 0.2) is 83.8 Å². The fourth-order valence-electron chi connectivity index (χ4n) is 3.83. The Morgan fingerprint density at radius 3 is 2.12 bits per heavy atom. The second kappa shape index (κ2) is 13.4. The van der Waals surface area contributed by atoms with E-state index in [2.05, 4.69) is 5.32 Å². The molecule has 40 heavy (non-hydrogen) atoms. The lowest BCUT2D eigenvalue weighted by Gasteiger charge is -2.32. The van der Waals surface area contributed by atoms with E-state index in [1.54, 1.807) is 49.4 Å². The molecule has 0 aliphatic rings. The van der Waals surface area contributed by atoms with Gasteiger partial charge in [0, 0.05) is 30.2 Å². The fraction of sp³-hybridized carbons (Fsp3) is 0.286. The van der Waals surface area contributed by atoms with Crippen molar-refractivity contribution in [2.45, 2.75) is 38.3 Å². The van der Waals surface area contributed by atoms with Crippen LogP contribution in [0.25, 0.3) is 0 Å². The summed E-state index contributed by atoms with van der Waals surface area (Å²) in [4.78, 5) is 38.6. The van der Waals surface area contributed by atoms with Crippen LogP contribution in [0, 0.1) is 16.0 Å². The van der Waals surface area contributed by atoms with E-state index in [9.17, 15) is 28.1 Å². The van der Waals surface area contributed by atoms with E-state index in [4.69, 9.17) is 11.6 Å². The summed E-state index contributed by atoms with van der Waals surface area (Å²) in [5.74, 6) is -0.885. The Hall–Kier alpha value is -3.96. The highest BCUT2D eigenvalue weighted by molar-refractivity contribution is 7.92. The lowest BCUT2D eigenvalue weighted by molar-refractivity contribution is -0.384. The van der Waals surface area contributed by atoms with Crippen LogP contribution < -0.4 is 9.62 Å². The molecule has 0 aliphatic carbocycles. The number of nitro benzene ring substituents is 1. The monoisotopic (exact) mass is 586 g/mol. The average molecular weight is 587 g/mol. The normalized spacial score (nSPS) is 12.0. The molecule has 0 aromatic heterocycles. The molecule has 0 saturated heterocycles. The Labute approximate surface area is 238 Å². The summed E-state index contributed by atoms with van der Waals surface area (Å²) >= 11 is 6.35. The number of hydrogen-bond donors (Lipinski definition) is 1. The smallest absolute Gasteiger partial charge is 0.269 e. The van der Waals surface area contributed by atoms with E-state index in [0.29, 0.717) is 17.1 Å². The van der Waals surface area contributed by atoms with Crippen molar-refractivity contribution in [2.75, 3.05) is 17.4 Å². The Morgan fingerprint density at radius 2 is 1.55 bits per heavy atom. The first-order valence-corrected chi connectivity index (χ1v) is 14.4. The second-order valence-corrected chi connectivity index (χ2v) is 11.8. The predicted octanol–water partition coefficient (Wildman–Crippen LogP) is 4.63. The third-order valence-electron chi connectivity index (χ3n) is 6.11. The molecule has 12 heteroatoms. The van der Waals surface area contributed by atoms with Crippen molar-refractivity contribution in [1.82, 2.24) is 10.2 Å². The Balaban J connectivity index is 2.03. The molecule has 0 aliphatic heterocycles. The van der Waals surface area contributed by atoms with Crippen molar-refractivity contribution in [3.8, 4) is 0 Å². The minimum Gasteiger partial charge on any atom is -0.354 e. The van der Waals surface area contributed by atoms with Gasteiger partial charge in [-0.3, -0.25) is 24.0 Å². The van der Waals surface area contributed by atoms with Crippen molar-refractivity contribution in [3.63, 3.8) is 0 Å². The number of benzene rings is 3. The van der Waals surface area contributed by atoms with Crippen LogP contribution in [0.3, 0.4) is 0 Å². The molecule has 0 spiro atoms. The summed E-state index contributed by atoms with van der Waals surface area (Å²) in [7, 11) is -4.27. The molecule has 3 aromatic carbocycles. The van der Waals surface area contributed by atoms with E-state index in [1.165, 1.54) is 29.2 Å². The number of nitro groups is 1. The molecule has 212 valence electrons. The number of anilines is 1. The number of nitrogens with zero attached hydrogens (tertiary/aromatic N) is 3. The van der Waals surface area contributed by atoms with Crippen molar-refractivity contribution in [3.05, 3.63) is 99.6 Å². The summed E-state index contributed by atoms with van der Waals surface area (Å²) in [6.07, 6.45) is 0. The molecule has 0 saturated carbocycles. The van der Waals surface area contributed by atoms with Crippen molar-refractivity contribution < 1.29 is 22.9 Å². The minimum atomic E-state index is -4.27. The molecular formula is C28H31ClN4O6S. The topological polar surface area (TPSA) is 130 Å². The number of carbonyl (C=O) groups is 2. The molecule has 1 N–H and O–H groups in total. The molecule has 3 aromatic rings. The van der Waals surface area contributed by atoms with Gasteiger partial charge in [-0.05, 0) is 48.7 Å². The summed E-state index contributed by atoms with van der Waals surface area (Å²) in [5.41, 5.74) is 0.397. The third kappa shape index (κ3) is 7.57. The van der Waals surface area contributed by atoms with Gasteiger partial charge in [0.2, 0.25) is 11.8 Å². The highest BCUT2D eigenvalue weighted by atomic mass is 35.5. The van der Waals surface area contributed by atoms with Crippen LogP contribution in [-0.2, 0) is 26.2 Å². The van der Waals surface area contributed by atoms with Gasteiger partial charge in [-0.15, -0.1) is 0 Å². The van der Waals surface area contributed by atoms with E-state index >= 15 is 0 Å². The molecule has 0 unspecified atom stereocenters. The van der Waals surface area contributed by atoms with E-state index in [1.807, 2.05) is 13.8 Å².